The third kappa shape index (κ3) is 6.09. The Morgan fingerprint density at radius 1 is 1.10 bits per heavy atom. The Morgan fingerprint density at radius 2 is 1.79 bits per heavy atom. The molecule has 0 aliphatic carbocycles. The van der Waals surface area contributed by atoms with Crippen LogP contribution in [0.2, 0.25) is 0 Å². The molecule has 10 heteroatoms. The molecule has 0 unspecified atom stereocenters. The summed E-state index contributed by atoms with van der Waals surface area (Å²) in [5.74, 6) is -0.654. The van der Waals surface area contributed by atoms with Crippen molar-refractivity contribution in [2.24, 2.45) is 0 Å². The minimum atomic E-state index is -4.60. The number of ether oxygens (including phenoxy) is 1. The number of likely N-dealkylation sites (tertiary alicyclic amines) is 1. The fourth-order valence-electron chi connectivity index (χ4n) is 5.23. The Morgan fingerprint density at radius 3 is 2.41 bits per heavy atom. The van der Waals surface area contributed by atoms with Crippen molar-refractivity contribution in [2.75, 3.05) is 37.7 Å². The standard InChI is InChI=1S/C29H31F3N4O3/c1-3-39-27(37)25-20(2)36(24-9-6-8-23(18-24)29(30,31)32)28(38)35(17-7-16-34-14-4-5-15-34)26(25)22-12-10-21(19-33)11-13-22/h6,8-13,18,26H,3-5,7,14-17H2,1-2H3/t26-/m1/s1. The predicted molar refractivity (Wildman–Crippen MR) is 140 cm³/mol. The molecule has 2 aliphatic rings. The van der Waals surface area contributed by atoms with Gasteiger partial charge in [-0.1, -0.05) is 18.2 Å². The number of nitrogens with zero attached hydrogens (tertiary/aromatic N) is 4. The molecule has 0 bridgehead atoms. The third-order valence-electron chi connectivity index (χ3n) is 7.10. The number of amides is 2. The van der Waals surface area contributed by atoms with E-state index in [-0.39, 0.29) is 30.1 Å². The molecule has 1 saturated heterocycles. The van der Waals surface area contributed by atoms with Crippen molar-refractivity contribution in [3.8, 4) is 6.07 Å². The zero-order valence-electron chi connectivity index (χ0n) is 22.0. The fraction of sp³-hybridized carbons (Fsp3) is 0.414. The first-order valence-electron chi connectivity index (χ1n) is 13.0. The molecular formula is C29H31F3N4O3. The topological polar surface area (TPSA) is 76.9 Å². The van der Waals surface area contributed by atoms with Gasteiger partial charge in [0.05, 0.1) is 41.1 Å². The number of halogens is 3. The van der Waals surface area contributed by atoms with Crippen LogP contribution in [-0.2, 0) is 15.7 Å². The van der Waals surface area contributed by atoms with Gasteiger partial charge in [0.15, 0.2) is 0 Å². The first kappa shape index (κ1) is 28.2. The van der Waals surface area contributed by atoms with Gasteiger partial charge < -0.3 is 14.5 Å². The molecule has 4 rings (SSSR count). The average molecular weight is 541 g/mol. The second-order valence-corrected chi connectivity index (χ2v) is 9.62. The normalized spacial score (nSPS) is 18.5. The average Bonchev–Trinajstić information content (AvgIpc) is 3.43. The number of rotatable bonds is 8. The van der Waals surface area contributed by atoms with Gasteiger partial charge in [0.25, 0.3) is 0 Å². The lowest BCUT2D eigenvalue weighted by atomic mass is 9.92. The number of nitriles is 1. The van der Waals surface area contributed by atoms with Crippen LogP contribution in [0.15, 0.2) is 59.8 Å². The second-order valence-electron chi connectivity index (χ2n) is 9.62. The number of anilines is 1. The molecule has 2 heterocycles. The van der Waals surface area contributed by atoms with E-state index in [1.54, 1.807) is 38.1 Å². The maximum Gasteiger partial charge on any atom is 0.416 e. The highest BCUT2D eigenvalue weighted by atomic mass is 19.4. The van der Waals surface area contributed by atoms with Gasteiger partial charge in [-0.2, -0.15) is 18.4 Å². The van der Waals surface area contributed by atoms with E-state index >= 15 is 0 Å². The largest absolute Gasteiger partial charge is 0.463 e. The van der Waals surface area contributed by atoms with Crippen molar-refractivity contribution in [3.63, 3.8) is 0 Å². The Hall–Kier alpha value is -3.84. The zero-order valence-corrected chi connectivity index (χ0v) is 22.0. The molecule has 2 aromatic rings. The van der Waals surface area contributed by atoms with E-state index in [1.807, 2.05) is 0 Å². The number of carbonyl (C=O) groups is 2. The number of esters is 1. The number of urea groups is 1. The van der Waals surface area contributed by atoms with Gasteiger partial charge in [-0.25, -0.2) is 9.59 Å². The van der Waals surface area contributed by atoms with Crippen molar-refractivity contribution in [3.05, 3.63) is 76.5 Å². The van der Waals surface area contributed by atoms with Gasteiger partial charge in [0.1, 0.15) is 0 Å². The lowest BCUT2D eigenvalue weighted by molar-refractivity contribution is -0.139. The number of allylic oxidation sites excluding steroid dienone is 1. The molecule has 2 amide bonds. The molecule has 0 spiro atoms. The van der Waals surface area contributed by atoms with Gasteiger partial charge in [-0.15, -0.1) is 0 Å². The maximum atomic E-state index is 14.1. The lowest BCUT2D eigenvalue weighted by Crippen LogP contribution is -2.51. The van der Waals surface area contributed by atoms with E-state index in [9.17, 15) is 28.0 Å². The zero-order chi connectivity index (χ0) is 28.2. The van der Waals surface area contributed by atoms with E-state index in [0.29, 0.717) is 17.5 Å². The fourth-order valence-corrected chi connectivity index (χ4v) is 5.23. The number of carbonyl (C=O) groups excluding carboxylic acids is 2. The van der Waals surface area contributed by atoms with Crippen molar-refractivity contribution < 1.29 is 27.5 Å². The number of benzene rings is 2. The first-order chi connectivity index (χ1) is 18.7. The molecule has 1 atom stereocenters. The summed E-state index contributed by atoms with van der Waals surface area (Å²) in [6.07, 6.45) is -1.75. The third-order valence-corrected chi connectivity index (χ3v) is 7.10. The first-order valence-corrected chi connectivity index (χ1v) is 13.0. The van der Waals surface area contributed by atoms with Crippen LogP contribution in [0.5, 0.6) is 0 Å². The summed E-state index contributed by atoms with van der Waals surface area (Å²) in [7, 11) is 0. The van der Waals surface area contributed by atoms with Crippen LogP contribution in [0.25, 0.3) is 0 Å². The monoisotopic (exact) mass is 540 g/mol. The van der Waals surface area contributed by atoms with Gasteiger partial charge in [0, 0.05) is 12.2 Å². The number of alkyl halides is 3. The van der Waals surface area contributed by atoms with Crippen molar-refractivity contribution >= 4 is 17.7 Å². The molecule has 1 fully saturated rings. The smallest absolute Gasteiger partial charge is 0.416 e. The van der Waals surface area contributed by atoms with Crippen LogP contribution >= 0.6 is 0 Å². The van der Waals surface area contributed by atoms with E-state index in [0.717, 1.165) is 49.5 Å². The van der Waals surface area contributed by atoms with Crippen LogP contribution in [-0.4, -0.2) is 54.6 Å². The summed E-state index contributed by atoms with van der Waals surface area (Å²) in [5, 5.41) is 9.26. The molecule has 0 aromatic heterocycles. The van der Waals surface area contributed by atoms with Crippen LogP contribution in [0.1, 0.15) is 55.8 Å². The van der Waals surface area contributed by atoms with Crippen LogP contribution in [0, 0.1) is 11.3 Å². The molecular weight excluding hydrogens is 509 g/mol. The van der Waals surface area contributed by atoms with E-state index in [2.05, 4.69) is 11.0 Å². The van der Waals surface area contributed by atoms with E-state index < -0.39 is 29.8 Å². The SMILES string of the molecule is CCOC(=O)C1=C(C)N(c2cccc(C(F)(F)F)c2)C(=O)N(CCCN2CCCC2)[C@@H]1c1ccc(C#N)cc1. The number of hydrogen-bond donors (Lipinski definition) is 0. The minimum absolute atomic E-state index is 0.0111. The van der Waals surface area contributed by atoms with Crippen molar-refractivity contribution in [1.82, 2.24) is 9.80 Å². The summed E-state index contributed by atoms with van der Waals surface area (Å²) < 4.78 is 46.0. The Balaban J connectivity index is 1.83. The molecule has 0 radical (unpaired) electrons. The summed E-state index contributed by atoms with van der Waals surface area (Å²) in [6, 6.07) is 11.8. The predicted octanol–water partition coefficient (Wildman–Crippen LogP) is 5.88. The molecule has 39 heavy (non-hydrogen) atoms. The summed E-state index contributed by atoms with van der Waals surface area (Å²) in [6.45, 7) is 6.28. The molecule has 2 aliphatic heterocycles. The van der Waals surface area contributed by atoms with Crippen molar-refractivity contribution in [2.45, 2.75) is 45.3 Å². The van der Waals surface area contributed by atoms with Crippen LogP contribution in [0.3, 0.4) is 0 Å². The Labute approximate surface area is 226 Å². The second kappa shape index (κ2) is 11.9. The Kier molecular flexibility index (Phi) is 8.60. The van der Waals surface area contributed by atoms with Gasteiger partial charge >= 0.3 is 18.2 Å². The highest BCUT2D eigenvalue weighted by Gasteiger charge is 2.43. The van der Waals surface area contributed by atoms with Crippen molar-refractivity contribution in [1.29, 1.82) is 5.26 Å². The summed E-state index contributed by atoms with van der Waals surface area (Å²) >= 11 is 0. The maximum absolute atomic E-state index is 14.1. The van der Waals surface area contributed by atoms with Gasteiger partial charge in [-0.3, -0.25) is 4.90 Å². The summed E-state index contributed by atoms with van der Waals surface area (Å²) in [5.41, 5.74) is 0.507. The quantitative estimate of drug-likeness (QED) is 0.391. The van der Waals surface area contributed by atoms with Gasteiger partial charge in [-0.05, 0) is 88.6 Å². The van der Waals surface area contributed by atoms with Gasteiger partial charge in [0.2, 0.25) is 0 Å². The molecule has 7 nitrogen and oxygen atoms in total. The highest BCUT2D eigenvalue weighted by Crippen LogP contribution is 2.41. The highest BCUT2D eigenvalue weighted by molar-refractivity contribution is 6.03. The van der Waals surface area contributed by atoms with E-state index in [1.165, 1.54) is 17.0 Å². The summed E-state index contributed by atoms with van der Waals surface area (Å²) in [4.78, 5) is 32.4. The van der Waals surface area contributed by atoms with E-state index in [4.69, 9.17) is 4.74 Å². The minimum Gasteiger partial charge on any atom is -0.463 e. The molecule has 0 N–H and O–H groups in total. The van der Waals surface area contributed by atoms with Crippen LogP contribution < -0.4 is 4.90 Å². The molecule has 0 saturated carbocycles. The molecule has 2 aromatic carbocycles. The lowest BCUT2D eigenvalue weighted by Gasteiger charge is -2.43. The number of hydrogen-bond acceptors (Lipinski definition) is 5. The van der Waals surface area contributed by atoms with Crippen LogP contribution in [0.4, 0.5) is 23.7 Å². The Bertz CT molecular complexity index is 1280. The molecule has 206 valence electrons.